The Morgan fingerprint density at radius 3 is 2.25 bits per heavy atom. The number of nitrogen functional groups attached to an aromatic ring is 1. The maximum absolute atomic E-state index is 5.95. The molecule has 0 atom stereocenters. The Morgan fingerprint density at radius 2 is 1.67 bits per heavy atom. The number of nitrogens with one attached hydrogen (secondary N) is 1. The predicted molar refractivity (Wildman–Crippen MR) is 96.9 cm³/mol. The molecule has 1 aromatic heterocycles. The minimum Gasteiger partial charge on any atom is -0.495 e. The van der Waals surface area contributed by atoms with Gasteiger partial charge in [0.1, 0.15) is 5.75 Å². The van der Waals surface area contributed by atoms with Crippen LogP contribution in [0.2, 0.25) is 0 Å². The summed E-state index contributed by atoms with van der Waals surface area (Å²) in [4.78, 5) is 4.58. The lowest BCUT2D eigenvalue weighted by atomic mass is 9.87. The molecule has 124 valence electrons. The van der Waals surface area contributed by atoms with Crippen LogP contribution in [-0.4, -0.2) is 22.3 Å². The van der Waals surface area contributed by atoms with Crippen LogP contribution in [0.15, 0.2) is 42.5 Å². The summed E-state index contributed by atoms with van der Waals surface area (Å²) in [6.45, 7) is 6.59. The Balaban J connectivity index is 1.89. The van der Waals surface area contributed by atoms with Crippen molar-refractivity contribution in [2.75, 3.05) is 12.8 Å². The Hall–Kier alpha value is -2.82. The van der Waals surface area contributed by atoms with Crippen molar-refractivity contribution in [3.05, 3.63) is 48.0 Å². The van der Waals surface area contributed by atoms with Crippen LogP contribution in [0.4, 0.5) is 5.69 Å². The maximum atomic E-state index is 5.95. The zero-order chi connectivity index (χ0) is 17.3. The van der Waals surface area contributed by atoms with Crippen LogP contribution < -0.4 is 10.5 Å². The summed E-state index contributed by atoms with van der Waals surface area (Å²) >= 11 is 0. The van der Waals surface area contributed by atoms with Crippen LogP contribution in [0.25, 0.3) is 22.8 Å². The first-order chi connectivity index (χ1) is 11.4. The average molecular weight is 322 g/mol. The van der Waals surface area contributed by atoms with Gasteiger partial charge in [-0.2, -0.15) is 5.10 Å². The molecular weight excluding hydrogens is 300 g/mol. The van der Waals surface area contributed by atoms with Crippen LogP contribution in [0.3, 0.4) is 0 Å². The smallest absolute Gasteiger partial charge is 0.181 e. The standard InChI is InChI=1S/C19H22N4O/c1-19(2,3)14-8-5-12(6-9-14)17-21-18(23-22-17)13-7-10-16(24-4)15(20)11-13/h5-11H,20H2,1-4H3,(H,21,22,23). The van der Waals surface area contributed by atoms with Crippen LogP contribution in [-0.2, 0) is 5.41 Å². The van der Waals surface area contributed by atoms with Crippen molar-refractivity contribution in [1.29, 1.82) is 0 Å². The van der Waals surface area contributed by atoms with Gasteiger partial charge >= 0.3 is 0 Å². The molecule has 0 unspecified atom stereocenters. The van der Waals surface area contributed by atoms with E-state index in [0.29, 0.717) is 17.3 Å². The number of ether oxygens (including phenoxy) is 1. The van der Waals surface area contributed by atoms with Gasteiger partial charge in [0.05, 0.1) is 12.8 Å². The predicted octanol–water partition coefficient (Wildman–Crippen LogP) is 4.03. The Labute approximate surface area is 141 Å². The van der Waals surface area contributed by atoms with Gasteiger partial charge in [0.2, 0.25) is 0 Å². The molecule has 3 N–H and O–H groups in total. The van der Waals surface area contributed by atoms with Gasteiger partial charge in [-0.25, -0.2) is 4.98 Å². The highest BCUT2D eigenvalue weighted by Crippen LogP contribution is 2.28. The largest absolute Gasteiger partial charge is 0.495 e. The summed E-state index contributed by atoms with van der Waals surface area (Å²) in [5, 5.41) is 7.29. The fourth-order valence-corrected chi connectivity index (χ4v) is 2.52. The average Bonchev–Trinajstić information content (AvgIpc) is 3.04. The number of rotatable bonds is 3. The van der Waals surface area contributed by atoms with E-state index in [1.165, 1.54) is 5.56 Å². The maximum Gasteiger partial charge on any atom is 0.181 e. The first kappa shape index (κ1) is 16.1. The molecule has 0 aliphatic rings. The van der Waals surface area contributed by atoms with Gasteiger partial charge < -0.3 is 10.5 Å². The Bertz CT molecular complexity index is 845. The summed E-state index contributed by atoms with van der Waals surface area (Å²) in [6, 6.07) is 13.9. The molecule has 0 saturated heterocycles. The molecule has 3 aromatic rings. The number of H-pyrrole nitrogens is 1. The van der Waals surface area contributed by atoms with E-state index in [-0.39, 0.29) is 5.41 Å². The number of nitrogens with two attached hydrogens (primary N) is 1. The molecule has 2 aromatic carbocycles. The number of aromatic nitrogens is 3. The number of nitrogens with zero attached hydrogens (tertiary/aromatic N) is 2. The lowest BCUT2D eigenvalue weighted by Gasteiger charge is -2.18. The van der Waals surface area contributed by atoms with Crippen LogP contribution in [0.5, 0.6) is 5.75 Å². The van der Waals surface area contributed by atoms with Crippen molar-refractivity contribution in [3.63, 3.8) is 0 Å². The van der Waals surface area contributed by atoms with E-state index in [9.17, 15) is 0 Å². The highest BCUT2D eigenvalue weighted by Gasteiger charge is 2.14. The minimum absolute atomic E-state index is 0.131. The Morgan fingerprint density at radius 1 is 1.00 bits per heavy atom. The number of aromatic amines is 1. The summed E-state index contributed by atoms with van der Waals surface area (Å²) in [5.41, 5.74) is 9.79. The van der Waals surface area contributed by atoms with Gasteiger partial charge in [-0.15, -0.1) is 0 Å². The van der Waals surface area contributed by atoms with Crippen LogP contribution >= 0.6 is 0 Å². The summed E-state index contributed by atoms with van der Waals surface area (Å²) < 4.78 is 5.18. The van der Waals surface area contributed by atoms with Crippen molar-refractivity contribution in [1.82, 2.24) is 15.2 Å². The van der Waals surface area contributed by atoms with Crippen molar-refractivity contribution >= 4 is 5.69 Å². The van der Waals surface area contributed by atoms with Gasteiger partial charge in [-0.1, -0.05) is 45.0 Å². The molecule has 0 aliphatic heterocycles. The SMILES string of the molecule is COc1ccc(-c2n[nH]c(-c3ccc(C(C)(C)C)cc3)n2)cc1N. The molecular formula is C19H22N4O. The van der Waals surface area contributed by atoms with Crippen LogP contribution in [0.1, 0.15) is 26.3 Å². The highest BCUT2D eigenvalue weighted by atomic mass is 16.5. The summed E-state index contributed by atoms with van der Waals surface area (Å²) in [6.07, 6.45) is 0. The van der Waals surface area contributed by atoms with E-state index < -0.39 is 0 Å². The third-order valence-corrected chi connectivity index (χ3v) is 4.00. The monoisotopic (exact) mass is 322 g/mol. The van der Waals surface area contributed by atoms with Gasteiger partial charge in [0, 0.05) is 11.1 Å². The fraction of sp³-hybridized carbons (Fsp3) is 0.263. The van der Waals surface area contributed by atoms with Gasteiger partial charge in [0.25, 0.3) is 0 Å². The van der Waals surface area contributed by atoms with Crippen molar-refractivity contribution < 1.29 is 4.74 Å². The van der Waals surface area contributed by atoms with Crippen molar-refractivity contribution in [2.45, 2.75) is 26.2 Å². The van der Waals surface area contributed by atoms with Gasteiger partial charge in [-0.3, -0.25) is 5.10 Å². The quantitative estimate of drug-likeness (QED) is 0.714. The van der Waals surface area contributed by atoms with Crippen molar-refractivity contribution in [2.24, 2.45) is 0 Å². The lowest BCUT2D eigenvalue weighted by molar-refractivity contribution is 0.417. The second-order valence-corrected chi connectivity index (χ2v) is 6.79. The number of anilines is 1. The molecule has 0 amide bonds. The molecule has 0 bridgehead atoms. The van der Waals surface area contributed by atoms with E-state index >= 15 is 0 Å². The molecule has 0 aliphatic carbocycles. The zero-order valence-electron chi connectivity index (χ0n) is 14.4. The molecule has 0 fully saturated rings. The van der Waals surface area contributed by atoms with E-state index in [2.05, 4.69) is 60.2 Å². The minimum atomic E-state index is 0.131. The van der Waals surface area contributed by atoms with E-state index in [0.717, 1.165) is 17.0 Å². The molecule has 5 nitrogen and oxygen atoms in total. The molecule has 5 heteroatoms. The van der Waals surface area contributed by atoms with E-state index in [1.54, 1.807) is 7.11 Å². The second kappa shape index (κ2) is 6.00. The number of hydrogen-bond donors (Lipinski definition) is 2. The first-order valence-corrected chi connectivity index (χ1v) is 7.85. The second-order valence-electron chi connectivity index (χ2n) is 6.79. The third-order valence-electron chi connectivity index (χ3n) is 4.00. The lowest BCUT2D eigenvalue weighted by Crippen LogP contribution is -2.10. The summed E-state index contributed by atoms with van der Waals surface area (Å²) in [5.74, 6) is 1.99. The summed E-state index contributed by atoms with van der Waals surface area (Å²) in [7, 11) is 1.59. The first-order valence-electron chi connectivity index (χ1n) is 7.85. The number of hydrogen-bond acceptors (Lipinski definition) is 4. The Kier molecular flexibility index (Phi) is 4.01. The van der Waals surface area contributed by atoms with Crippen LogP contribution in [0, 0.1) is 0 Å². The topological polar surface area (TPSA) is 76.8 Å². The van der Waals surface area contributed by atoms with Gasteiger partial charge in [0.15, 0.2) is 11.6 Å². The van der Waals surface area contributed by atoms with E-state index in [4.69, 9.17) is 10.5 Å². The highest BCUT2D eigenvalue weighted by molar-refractivity contribution is 5.68. The molecule has 24 heavy (non-hydrogen) atoms. The van der Waals surface area contributed by atoms with Gasteiger partial charge in [-0.05, 0) is 29.2 Å². The molecule has 1 heterocycles. The fourth-order valence-electron chi connectivity index (χ4n) is 2.52. The normalized spacial score (nSPS) is 11.5. The molecule has 0 spiro atoms. The van der Waals surface area contributed by atoms with E-state index in [1.807, 2.05) is 18.2 Å². The molecule has 3 rings (SSSR count). The van der Waals surface area contributed by atoms with Crippen molar-refractivity contribution in [3.8, 4) is 28.5 Å². The molecule has 0 saturated carbocycles. The number of benzene rings is 2. The third kappa shape index (κ3) is 3.11. The zero-order valence-corrected chi connectivity index (χ0v) is 14.4. The molecule has 0 radical (unpaired) electrons. The number of methoxy groups -OCH3 is 1.